The van der Waals surface area contributed by atoms with E-state index in [1.54, 1.807) is 16.7 Å². The fourth-order valence-electron chi connectivity index (χ4n) is 2.37. The molecule has 0 saturated carbocycles. The zero-order valence-electron chi connectivity index (χ0n) is 13.9. The summed E-state index contributed by atoms with van der Waals surface area (Å²) in [4.78, 5) is -0.00212. The molecule has 1 heterocycles. The summed E-state index contributed by atoms with van der Waals surface area (Å²) >= 11 is 0. The standard InChI is InChI=1S/C16H22N2O5S/c1-18-10-4-5-13(18)14(19)8-9-17-24(20,21)16-11-12(22-2)6-7-15(16)23-3/h4-7,10-11,14,17,19H,8-9H2,1-3H3. The molecule has 0 spiro atoms. The molecule has 1 aromatic carbocycles. The highest BCUT2D eigenvalue weighted by Gasteiger charge is 2.21. The van der Waals surface area contributed by atoms with Crippen LogP contribution in [0, 0.1) is 0 Å². The average molecular weight is 354 g/mol. The van der Waals surface area contributed by atoms with Crippen molar-refractivity contribution in [2.45, 2.75) is 17.4 Å². The molecule has 0 bridgehead atoms. The number of benzene rings is 1. The molecule has 1 unspecified atom stereocenters. The van der Waals surface area contributed by atoms with Crippen LogP contribution in [-0.4, -0.2) is 38.9 Å². The van der Waals surface area contributed by atoms with Crippen molar-refractivity contribution in [1.29, 1.82) is 0 Å². The van der Waals surface area contributed by atoms with E-state index in [0.29, 0.717) is 5.75 Å². The van der Waals surface area contributed by atoms with Gasteiger partial charge in [0.1, 0.15) is 16.4 Å². The number of aliphatic hydroxyl groups excluding tert-OH is 1. The Hall–Kier alpha value is -2.03. The molecule has 2 rings (SSSR count). The zero-order chi connectivity index (χ0) is 17.7. The number of nitrogens with zero attached hydrogens (tertiary/aromatic N) is 1. The van der Waals surface area contributed by atoms with Gasteiger partial charge in [-0.2, -0.15) is 0 Å². The second-order valence-electron chi connectivity index (χ2n) is 5.26. The van der Waals surface area contributed by atoms with E-state index in [2.05, 4.69) is 4.72 Å². The molecule has 24 heavy (non-hydrogen) atoms. The maximum Gasteiger partial charge on any atom is 0.244 e. The predicted octanol–water partition coefficient (Wildman–Crippen LogP) is 1.44. The van der Waals surface area contributed by atoms with Gasteiger partial charge in [0.15, 0.2) is 0 Å². The predicted molar refractivity (Wildman–Crippen MR) is 89.7 cm³/mol. The molecular weight excluding hydrogens is 332 g/mol. The highest BCUT2D eigenvalue weighted by Crippen LogP contribution is 2.28. The van der Waals surface area contributed by atoms with E-state index in [1.165, 1.54) is 26.4 Å². The lowest BCUT2D eigenvalue weighted by molar-refractivity contribution is 0.161. The number of aromatic nitrogens is 1. The molecule has 0 aliphatic carbocycles. The van der Waals surface area contributed by atoms with Crippen LogP contribution >= 0.6 is 0 Å². The van der Waals surface area contributed by atoms with Crippen LogP contribution in [0.1, 0.15) is 18.2 Å². The molecule has 0 saturated heterocycles. The van der Waals surface area contributed by atoms with Crippen LogP contribution < -0.4 is 14.2 Å². The average Bonchev–Trinajstić information content (AvgIpc) is 3.00. The van der Waals surface area contributed by atoms with Gasteiger partial charge in [-0.25, -0.2) is 13.1 Å². The van der Waals surface area contributed by atoms with Crippen LogP contribution in [0.5, 0.6) is 11.5 Å². The van der Waals surface area contributed by atoms with E-state index < -0.39 is 16.1 Å². The van der Waals surface area contributed by atoms with Crippen LogP contribution in [0.2, 0.25) is 0 Å². The fourth-order valence-corrected chi connectivity index (χ4v) is 3.60. The lowest BCUT2D eigenvalue weighted by Crippen LogP contribution is -2.26. The van der Waals surface area contributed by atoms with Crippen molar-refractivity contribution in [2.75, 3.05) is 20.8 Å². The molecule has 8 heteroatoms. The molecule has 0 radical (unpaired) electrons. The van der Waals surface area contributed by atoms with Crippen molar-refractivity contribution < 1.29 is 23.0 Å². The summed E-state index contributed by atoms with van der Waals surface area (Å²) in [6.45, 7) is 0.0923. The first-order valence-electron chi connectivity index (χ1n) is 7.40. The minimum absolute atomic E-state index is 0.00212. The molecule has 0 amide bonds. The van der Waals surface area contributed by atoms with Gasteiger partial charge in [-0.15, -0.1) is 0 Å². The topological polar surface area (TPSA) is 89.8 Å². The molecule has 132 valence electrons. The SMILES string of the molecule is COc1ccc(OC)c(S(=O)(=O)NCCC(O)c2cccn2C)c1. The third-order valence-electron chi connectivity index (χ3n) is 3.70. The minimum Gasteiger partial charge on any atom is -0.497 e. The third kappa shape index (κ3) is 4.08. The van der Waals surface area contributed by atoms with Crippen molar-refractivity contribution in [3.63, 3.8) is 0 Å². The Morgan fingerprint density at radius 3 is 2.58 bits per heavy atom. The van der Waals surface area contributed by atoms with Gasteiger partial charge in [0.2, 0.25) is 10.0 Å². The lowest BCUT2D eigenvalue weighted by atomic mass is 10.2. The largest absolute Gasteiger partial charge is 0.497 e. The number of sulfonamides is 1. The number of hydrogen-bond donors (Lipinski definition) is 2. The monoisotopic (exact) mass is 354 g/mol. The van der Waals surface area contributed by atoms with Gasteiger partial charge in [-0.1, -0.05) is 0 Å². The quantitative estimate of drug-likeness (QED) is 0.749. The van der Waals surface area contributed by atoms with E-state index in [1.807, 2.05) is 19.3 Å². The highest BCUT2D eigenvalue weighted by atomic mass is 32.2. The van der Waals surface area contributed by atoms with E-state index in [0.717, 1.165) is 5.69 Å². The summed E-state index contributed by atoms with van der Waals surface area (Å²) in [5.74, 6) is 0.645. The molecular formula is C16H22N2O5S. The molecule has 0 fully saturated rings. The number of nitrogens with one attached hydrogen (secondary N) is 1. The van der Waals surface area contributed by atoms with Gasteiger partial charge in [-0.05, 0) is 30.7 Å². The number of aliphatic hydroxyl groups is 1. The molecule has 2 N–H and O–H groups in total. The van der Waals surface area contributed by atoms with Crippen molar-refractivity contribution in [2.24, 2.45) is 7.05 Å². The van der Waals surface area contributed by atoms with E-state index in [9.17, 15) is 13.5 Å². The normalized spacial score (nSPS) is 12.8. The number of methoxy groups -OCH3 is 2. The van der Waals surface area contributed by atoms with Gasteiger partial charge in [-0.3, -0.25) is 0 Å². The summed E-state index contributed by atoms with van der Waals surface area (Å²) in [5, 5.41) is 10.1. The molecule has 0 aliphatic heterocycles. The maximum absolute atomic E-state index is 12.5. The maximum atomic E-state index is 12.5. The van der Waals surface area contributed by atoms with Gasteiger partial charge in [0.25, 0.3) is 0 Å². The Morgan fingerprint density at radius 2 is 2.00 bits per heavy atom. The smallest absolute Gasteiger partial charge is 0.244 e. The van der Waals surface area contributed by atoms with Crippen molar-refractivity contribution in [3.8, 4) is 11.5 Å². The Balaban J connectivity index is 2.07. The third-order valence-corrected chi connectivity index (χ3v) is 5.18. The zero-order valence-corrected chi connectivity index (χ0v) is 14.7. The Labute approximate surface area is 141 Å². The number of ether oxygens (including phenoxy) is 2. The molecule has 1 aromatic heterocycles. The van der Waals surface area contributed by atoms with Crippen LogP contribution in [0.15, 0.2) is 41.4 Å². The van der Waals surface area contributed by atoms with Crippen molar-refractivity contribution in [1.82, 2.24) is 9.29 Å². The summed E-state index contributed by atoms with van der Waals surface area (Å²) in [7, 11) is 0.903. The molecule has 0 aliphatic rings. The number of aryl methyl sites for hydroxylation is 1. The van der Waals surface area contributed by atoms with Gasteiger partial charge >= 0.3 is 0 Å². The first-order chi connectivity index (χ1) is 11.4. The Kier molecular flexibility index (Phi) is 5.87. The fraction of sp³-hybridized carbons (Fsp3) is 0.375. The lowest BCUT2D eigenvalue weighted by Gasteiger charge is -2.14. The van der Waals surface area contributed by atoms with Crippen LogP contribution in [-0.2, 0) is 17.1 Å². The van der Waals surface area contributed by atoms with Crippen LogP contribution in [0.4, 0.5) is 0 Å². The molecule has 1 atom stereocenters. The Morgan fingerprint density at radius 1 is 1.25 bits per heavy atom. The van der Waals surface area contributed by atoms with Crippen molar-refractivity contribution in [3.05, 3.63) is 42.2 Å². The highest BCUT2D eigenvalue weighted by molar-refractivity contribution is 7.89. The summed E-state index contributed by atoms with van der Waals surface area (Å²) < 4.78 is 39.4. The minimum atomic E-state index is -3.78. The van der Waals surface area contributed by atoms with E-state index >= 15 is 0 Å². The van der Waals surface area contributed by atoms with E-state index in [-0.39, 0.29) is 23.6 Å². The van der Waals surface area contributed by atoms with Crippen molar-refractivity contribution >= 4 is 10.0 Å². The van der Waals surface area contributed by atoms with Crippen LogP contribution in [0.3, 0.4) is 0 Å². The number of hydrogen-bond acceptors (Lipinski definition) is 5. The molecule has 7 nitrogen and oxygen atoms in total. The summed E-state index contributed by atoms with van der Waals surface area (Å²) in [6.07, 6.45) is 1.33. The summed E-state index contributed by atoms with van der Waals surface area (Å²) in [5.41, 5.74) is 0.730. The second-order valence-corrected chi connectivity index (χ2v) is 7.00. The van der Waals surface area contributed by atoms with Crippen LogP contribution in [0.25, 0.3) is 0 Å². The summed E-state index contributed by atoms with van der Waals surface area (Å²) in [6, 6.07) is 8.17. The van der Waals surface area contributed by atoms with E-state index in [4.69, 9.17) is 9.47 Å². The first kappa shape index (κ1) is 18.3. The van der Waals surface area contributed by atoms with Gasteiger partial charge < -0.3 is 19.1 Å². The number of rotatable bonds is 8. The second kappa shape index (κ2) is 7.69. The Bertz CT molecular complexity index is 786. The van der Waals surface area contributed by atoms with Gasteiger partial charge in [0, 0.05) is 31.5 Å². The van der Waals surface area contributed by atoms with Gasteiger partial charge in [0.05, 0.1) is 20.3 Å². The first-order valence-corrected chi connectivity index (χ1v) is 8.88. The molecule has 2 aromatic rings.